The SMILES string of the molecule is CCOP(C)CCc1ccc(C(=O)Nc2cc(-c3cccs3)ccc2N)cc1. The fourth-order valence-corrected chi connectivity index (χ4v) is 4.72. The van der Waals surface area contributed by atoms with Crippen LogP contribution < -0.4 is 11.1 Å². The Morgan fingerprint density at radius 3 is 2.64 bits per heavy atom. The maximum absolute atomic E-state index is 12.6. The number of anilines is 2. The van der Waals surface area contributed by atoms with Crippen molar-refractivity contribution in [2.45, 2.75) is 13.3 Å². The van der Waals surface area contributed by atoms with Gasteiger partial charge in [-0.05, 0) is 73.0 Å². The van der Waals surface area contributed by atoms with Gasteiger partial charge >= 0.3 is 0 Å². The largest absolute Gasteiger partial charge is 0.397 e. The Hall–Kier alpha value is -2.20. The molecule has 1 heterocycles. The van der Waals surface area contributed by atoms with Gasteiger partial charge in [-0.15, -0.1) is 11.3 Å². The fraction of sp³-hybridized carbons (Fsp3) is 0.227. The van der Waals surface area contributed by atoms with Crippen molar-refractivity contribution >= 4 is 36.8 Å². The molecule has 146 valence electrons. The Kier molecular flexibility index (Phi) is 7.21. The number of rotatable bonds is 8. The second-order valence-electron chi connectivity index (χ2n) is 6.45. The minimum Gasteiger partial charge on any atom is -0.397 e. The van der Waals surface area contributed by atoms with Crippen LogP contribution >= 0.6 is 19.5 Å². The highest BCUT2D eigenvalue weighted by Gasteiger charge is 2.10. The van der Waals surface area contributed by atoms with Crippen LogP contribution in [0.1, 0.15) is 22.8 Å². The van der Waals surface area contributed by atoms with Gasteiger partial charge in [-0.2, -0.15) is 0 Å². The highest BCUT2D eigenvalue weighted by Crippen LogP contribution is 2.32. The number of hydrogen-bond acceptors (Lipinski definition) is 4. The van der Waals surface area contributed by atoms with Gasteiger partial charge in [0.25, 0.3) is 5.91 Å². The molecule has 3 rings (SSSR count). The lowest BCUT2D eigenvalue weighted by Crippen LogP contribution is -2.13. The summed E-state index contributed by atoms with van der Waals surface area (Å²) in [4.78, 5) is 13.8. The summed E-state index contributed by atoms with van der Waals surface area (Å²) in [7, 11) is -0.373. The lowest BCUT2D eigenvalue weighted by Gasteiger charge is -2.12. The molecule has 1 aromatic heterocycles. The molecule has 0 saturated heterocycles. The predicted molar refractivity (Wildman–Crippen MR) is 122 cm³/mol. The van der Waals surface area contributed by atoms with E-state index in [1.54, 1.807) is 11.3 Å². The molecule has 28 heavy (non-hydrogen) atoms. The van der Waals surface area contributed by atoms with Gasteiger partial charge in [0.15, 0.2) is 0 Å². The van der Waals surface area contributed by atoms with Gasteiger partial charge in [-0.3, -0.25) is 4.79 Å². The van der Waals surface area contributed by atoms with Crippen LogP contribution in [0.5, 0.6) is 0 Å². The third-order valence-corrected chi connectivity index (χ3v) is 6.86. The zero-order chi connectivity index (χ0) is 19.9. The molecule has 0 bridgehead atoms. The fourth-order valence-electron chi connectivity index (χ4n) is 2.85. The topological polar surface area (TPSA) is 64.3 Å². The molecule has 2 aromatic carbocycles. The van der Waals surface area contributed by atoms with Crippen molar-refractivity contribution in [3.05, 3.63) is 71.1 Å². The molecular weight excluding hydrogens is 387 g/mol. The highest BCUT2D eigenvalue weighted by atomic mass is 32.1. The molecule has 0 radical (unpaired) electrons. The molecule has 0 aliphatic carbocycles. The quantitative estimate of drug-likeness (QED) is 0.360. The average molecular weight is 412 g/mol. The van der Waals surface area contributed by atoms with Crippen LogP contribution in [0.25, 0.3) is 10.4 Å². The maximum atomic E-state index is 12.6. The Labute approximate surface area is 171 Å². The number of thiophene rings is 1. The van der Waals surface area contributed by atoms with Crippen LogP contribution in [-0.2, 0) is 10.9 Å². The van der Waals surface area contributed by atoms with E-state index in [0.29, 0.717) is 16.9 Å². The highest BCUT2D eigenvalue weighted by molar-refractivity contribution is 7.51. The lowest BCUT2D eigenvalue weighted by atomic mass is 10.1. The molecule has 1 unspecified atom stereocenters. The zero-order valence-corrected chi connectivity index (χ0v) is 17.9. The minimum atomic E-state index is -0.373. The van der Waals surface area contributed by atoms with Crippen molar-refractivity contribution in [2.24, 2.45) is 0 Å². The number of carbonyl (C=O) groups is 1. The summed E-state index contributed by atoms with van der Waals surface area (Å²) in [5.74, 6) is -0.159. The number of nitrogens with one attached hydrogen (secondary N) is 1. The third kappa shape index (κ3) is 5.41. The van der Waals surface area contributed by atoms with E-state index in [4.69, 9.17) is 10.3 Å². The number of hydrogen-bond donors (Lipinski definition) is 2. The van der Waals surface area contributed by atoms with Crippen LogP contribution in [0.3, 0.4) is 0 Å². The normalized spacial score (nSPS) is 11.9. The van der Waals surface area contributed by atoms with Gasteiger partial charge in [0.1, 0.15) is 0 Å². The van der Waals surface area contributed by atoms with Crippen LogP contribution in [-0.4, -0.2) is 25.3 Å². The van der Waals surface area contributed by atoms with Crippen LogP contribution in [0.4, 0.5) is 11.4 Å². The standard InChI is InChI=1S/C22H25N2O2PS/c1-3-26-27(2)13-12-16-6-8-17(9-7-16)22(25)24-20-15-18(10-11-19(20)23)21-5-4-14-28-21/h4-11,14-15H,3,12-13,23H2,1-2H3,(H,24,25). The van der Waals surface area contributed by atoms with E-state index in [1.165, 1.54) is 5.56 Å². The second kappa shape index (κ2) is 9.83. The number of carbonyl (C=O) groups excluding carboxylic acids is 1. The van der Waals surface area contributed by atoms with E-state index in [2.05, 4.69) is 12.0 Å². The number of aryl methyl sites for hydroxylation is 1. The maximum Gasteiger partial charge on any atom is 0.255 e. The molecule has 0 spiro atoms. The van der Waals surface area contributed by atoms with E-state index < -0.39 is 0 Å². The van der Waals surface area contributed by atoms with Crippen LogP contribution in [0, 0.1) is 0 Å². The first-order valence-corrected chi connectivity index (χ1v) is 12.0. The summed E-state index contributed by atoms with van der Waals surface area (Å²) in [6.45, 7) is 4.93. The Balaban J connectivity index is 1.65. The summed E-state index contributed by atoms with van der Waals surface area (Å²) in [5.41, 5.74) is 10.1. The Morgan fingerprint density at radius 1 is 1.18 bits per heavy atom. The van der Waals surface area contributed by atoms with E-state index in [0.717, 1.165) is 29.6 Å². The molecule has 4 nitrogen and oxygen atoms in total. The number of amides is 1. The van der Waals surface area contributed by atoms with Crippen molar-refractivity contribution in [2.75, 3.05) is 30.5 Å². The van der Waals surface area contributed by atoms with Gasteiger partial charge in [0.05, 0.1) is 11.4 Å². The van der Waals surface area contributed by atoms with E-state index >= 15 is 0 Å². The Morgan fingerprint density at radius 2 is 1.96 bits per heavy atom. The average Bonchev–Trinajstić information content (AvgIpc) is 3.23. The van der Waals surface area contributed by atoms with Gasteiger partial charge in [0, 0.05) is 25.2 Å². The monoisotopic (exact) mass is 412 g/mol. The van der Waals surface area contributed by atoms with Crippen LogP contribution in [0.2, 0.25) is 0 Å². The van der Waals surface area contributed by atoms with Gasteiger partial charge in [-0.1, -0.05) is 24.3 Å². The molecule has 0 fully saturated rings. The molecule has 0 saturated carbocycles. The second-order valence-corrected chi connectivity index (χ2v) is 9.36. The van der Waals surface area contributed by atoms with Gasteiger partial charge in [-0.25, -0.2) is 0 Å². The van der Waals surface area contributed by atoms with Crippen molar-refractivity contribution < 1.29 is 9.32 Å². The summed E-state index contributed by atoms with van der Waals surface area (Å²) in [5, 5.41) is 4.97. The molecule has 1 amide bonds. The van der Waals surface area contributed by atoms with Crippen LogP contribution in [0.15, 0.2) is 60.0 Å². The van der Waals surface area contributed by atoms with E-state index in [-0.39, 0.29) is 14.1 Å². The lowest BCUT2D eigenvalue weighted by molar-refractivity contribution is 0.102. The molecule has 0 aliphatic rings. The molecule has 3 N–H and O–H groups in total. The molecule has 0 aliphatic heterocycles. The van der Waals surface area contributed by atoms with Gasteiger partial charge in [0.2, 0.25) is 0 Å². The minimum absolute atomic E-state index is 0.159. The Bertz CT molecular complexity index is 911. The molecule has 3 aromatic rings. The van der Waals surface area contributed by atoms with Gasteiger partial charge < -0.3 is 15.6 Å². The molecule has 6 heteroatoms. The van der Waals surface area contributed by atoms with E-state index in [1.807, 2.05) is 66.9 Å². The first-order chi connectivity index (χ1) is 13.6. The molecule has 1 atom stereocenters. The third-order valence-electron chi connectivity index (χ3n) is 4.39. The first kappa shape index (κ1) is 20.5. The predicted octanol–water partition coefficient (Wildman–Crippen LogP) is 5.86. The number of nitrogen functional groups attached to an aromatic ring is 1. The summed E-state index contributed by atoms with van der Waals surface area (Å²) < 4.78 is 5.63. The van der Waals surface area contributed by atoms with Crippen molar-refractivity contribution in [3.8, 4) is 10.4 Å². The van der Waals surface area contributed by atoms with Crippen molar-refractivity contribution in [1.29, 1.82) is 0 Å². The van der Waals surface area contributed by atoms with Crippen molar-refractivity contribution in [1.82, 2.24) is 0 Å². The first-order valence-electron chi connectivity index (χ1n) is 9.24. The number of benzene rings is 2. The van der Waals surface area contributed by atoms with Crippen molar-refractivity contribution in [3.63, 3.8) is 0 Å². The summed E-state index contributed by atoms with van der Waals surface area (Å²) in [6, 6.07) is 17.5. The smallest absolute Gasteiger partial charge is 0.255 e. The summed E-state index contributed by atoms with van der Waals surface area (Å²) in [6.07, 6.45) is 1.99. The zero-order valence-electron chi connectivity index (χ0n) is 16.1. The van der Waals surface area contributed by atoms with E-state index in [9.17, 15) is 4.79 Å². The number of nitrogens with two attached hydrogens (primary N) is 1. The summed E-state index contributed by atoms with van der Waals surface area (Å²) >= 11 is 1.66. The molecular formula is C22H25N2O2PS.